The Bertz CT molecular complexity index is 410. The molecule has 0 aliphatic carbocycles. The van der Waals surface area contributed by atoms with Crippen LogP contribution in [0.5, 0.6) is 0 Å². The second-order valence-electron chi connectivity index (χ2n) is 4.33. The fourth-order valence-corrected chi connectivity index (χ4v) is 1.40. The number of carbonyl (C=O) groups excluding carboxylic acids is 2. The first-order valence-corrected chi connectivity index (χ1v) is 5.48. The molecule has 1 unspecified atom stereocenters. The number of hydrogen-bond acceptors (Lipinski definition) is 3. The summed E-state index contributed by atoms with van der Waals surface area (Å²) in [5, 5.41) is 0. The number of rotatable bonds is 4. The monoisotopic (exact) mass is 234 g/mol. The quantitative estimate of drug-likeness (QED) is 0.790. The Labute approximate surface area is 101 Å². The second-order valence-corrected chi connectivity index (χ2v) is 4.33. The average molecular weight is 234 g/mol. The molecule has 0 saturated heterocycles. The SMILES string of the molecule is Cc1ccc(C(=O)C(N)CC(=O)N(C)C)cc1. The summed E-state index contributed by atoms with van der Waals surface area (Å²) < 4.78 is 0. The topological polar surface area (TPSA) is 63.4 Å². The van der Waals surface area contributed by atoms with Crippen LogP contribution in [0.3, 0.4) is 0 Å². The lowest BCUT2D eigenvalue weighted by atomic mass is 10.0. The molecule has 17 heavy (non-hydrogen) atoms. The van der Waals surface area contributed by atoms with E-state index < -0.39 is 6.04 Å². The second kappa shape index (κ2) is 5.59. The minimum Gasteiger partial charge on any atom is -0.349 e. The number of nitrogens with zero attached hydrogens (tertiary/aromatic N) is 1. The fourth-order valence-electron chi connectivity index (χ4n) is 1.40. The van der Waals surface area contributed by atoms with Gasteiger partial charge in [0.15, 0.2) is 5.78 Å². The van der Waals surface area contributed by atoms with E-state index in [9.17, 15) is 9.59 Å². The van der Waals surface area contributed by atoms with E-state index in [1.165, 1.54) is 4.90 Å². The molecule has 0 aromatic heterocycles. The zero-order chi connectivity index (χ0) is 13.0. The van der Waals surface area contributed by atoms with Gasteiger partial charge in [-0.3, -0.25) is 9.59 Å². The van der Waals surface area contributed by atoms with E-state index in [2.05, 4.69) is 0 Å². The molecule has 0 saturated carbocycles. The number of nitrogens with two attached hydrogens (primary N) is 1. The molecule has 1 atom stereocenters. The number of hydrogen-bond donors (Lipinski definition) is 1. The van der Waals surface area contributed by atoms with Crippen molar-refractivity contribution in [2.45, 2.75) is 19.4 Å². The van der Waals surface area contributed by atoms with Crippen molar-refractivity contribution in [2.24, 2.45) is 5.73 Å². The van der Waals surface area contributed by atoms with Gasteiger partial charge >= 0.3 is 0 Å². The molecule has 92 valence electrons. The van der Waals surface area contributed by atoms with Gasteiger partial charge in [-0.05, 0) is 6.92 Å². The summed E-state index contributed by atoms with van der Waals surface area (Å²) in [6.07, 6.45) is 0.0414. The molecule has 0 fully saturated rings. The van der Waals surface area contributed by atoms with Gasteiger partial charge < -0.3 is 10.6 Å². The highest BCUT2D eigenvalue weighted by Gasteiger charge is 2.19. The summed E-state index contributed by atoms with van der Waals surface area (Å²) in [5.41, 5.74) is 7.36. The van der Waals surface area contributed by atoms with Gasteiger partial charge in [-0.2, -0.15) is 0 Å². The van der Waals surface area contributed by atoms with E-state index in [1.54, 1.807) is 26.2 Å². The molecule has 1 rings (SSSR count). The van der Waals surface area contributed by atoms with Gasteiger partial charge in [0.1, 0.15) is 0 Å². The van der Waals surface area contributed by atoms with Crippen molar-refractivity contribution in [3.05, 3.63) is 35.4 Å². The average Bonchev–Trinajstić information content (AvgIpc) is 2.28. The Morgan fingerprint density at radius 3 is 2.24 bits per heavy atom. The molecule has 0 heterocycles. The first kappa shape index (κ1) is 13.4. The van der Waals surface area contributed by atoms with Crippen molar-refractivity contribution < 1.29 is 9.59 Å². The first-order chi connectivity index (χ1) is 7.91. The smallest absolute Gasteiger partial charge is 0.224 e. The van der Waals surface area contributed by atoms with Crippen LogP contribution in [0.1, 0.15) is 22.3 Å². The molecule has 4 nitrogen and oxygen atoms in total. The number of Topliss-reactive ketones (excluding diaryl/α,β-unsaturated/α-hetero) is 1. The largest absolute Gasteiger partial charge is 0.349 e. The van der Waals surface area contributed by atoms with E-state index in [-0.39, 0.29) is 18.1 Å². The van der Waals surface area contributed by atoms with Gasteiger partial charge in [0.05, 0.1) is 6.04 Å². The predicted molar refractivity (Wildman–Crippen MR) is 66.8 cm³/mol. The number of ketones is 1. The lowest BCUT2D eigenvalue weighted by molar-refractivity contribution is -0.128. The van der Waals surface area contributed by atoms with Crippen LogP contribution in [0.25, 0.3) is 0 Å². The van der Waals surface area contributed by atoms with Gasteiger partial charge in [0.2, 0.25) is 5.91 Å². The number of benzene rings is 1. The maximum absolute atomic E-state index is 11.9. The Hall–Kier alpha value is -1.68. The summed E-state index contributed by atoms with van der Waals surface area (Å²) in [6.45, 7) is 1.95. The molecule has 1 aromatic rings. The molecule has 1 aromatic carbocycles. The van der Waals surface area contributed by atoms with Crippen molar-refractivity contribution in [2.75, 3.05) is 14.1 Å². The van der Waals surface area contributed by atoms with Gasteiger partial charge in [0.25, 0.3) is 0 Å². The number of aryl methyl sites for hydroxylation is 1. The van der Waals surface area contributed by atoms with Gasteiger partial charge in [-0.1, -0.05) is 29.8 Å². The maximum Gasteiger partial charge on any atom is 0.224 e. The lowest BCUT2D eigenvalue weighted by Crippen LogP contribution is -2.36. The Morgan fingerprint density at radius 2 is 1.76 bits per heavy atom. The summed E-state index contributed by atoms with van der Waals surface area (Å²) in [6, 6.07) is 6.41. The van der Waals surface area contributed by atoms with Gasteiger partial charge in [0, 0.05) is 26.1 Å². The van der Waals surface area contributed by atoms with Crippen molar-refractivity contribution >= 4 is 11.7 Å². The van der Waals surface area contributed by atoms with E-state index in [1.807, 2.05) is 19.1 Å². The van der Waals surface area contributed by atoms with Gasteiger partial charge in [-0.25, -0.2) is 0 Å². The molecule has 0 aliphatic rings. The van der Waals surface area contributed by atoms with Gasteiger partial charge in [-0.15, -0.1) is 0 Å². The third-order valence-corrected chi connectivity index (χ3v) is 2.57. The molecule has 2 N–H and O–H groups in total. The van der Waals surface area contributed by atoms with Crippen LogP contribution in [-0.4, -0.2) is 36.7 Å². The van der Waals surface area contributed by atoms with Crippen LogP contribution in [0.15, 0.2) is 24.3 Å². The minimum atomic E-state index is -0.771. The zero-order valence-electron chi connectivity index (χ0n) is 10.4. The highest BCUT2D eigenvalue weighted by Crippen LogP contribution is 2.07. The van der Waals surface area contributed by atoms with Crippen LogP contribution >= 0.6 is 0 Å². The molecule has 4 heteroatoms. The lowest BCUT2D eigenvalue weighted by Gasteiger charge is -2.14. The normalized spacial score (nSPS) is 12.0. The fraction of sp³-hybridized carbons (Fsp3) is 0.385. The summed E-state index contributed by atoms with van der Waals surface area (Å²) in [7, 11) is 3.29. The van der Waals surface area contributed by atoms with Crippen LogP contribution in [-0.2, 0) is 4.79 Å². The molecule has 0 radical (unpaired) electrons. The first-order valence-electron chi connectivity index (χ1n) is 5.48. The van der Waals surface area contributed by atoms with Crippen molar-refractivity contribution in [3.63, 3.8) is 0 Å². The van der Waals surface area contributed by atoms with E-state index in [0.717, 1.165) is 5.56 Å². The highest BCUT2D eigenvalue weighted by atomic mass is 16.2. The Kier molecular flexibility index (Phi) is 4.40. The third kappa shape index (κ3) is 3.67. The van der Waals surface area contributed by atoms with E-state index >= 15 is 0 Å². The summed E-state index contributed by atoms with van der Waals surface area (Å²) in [4.78, 5) is 24.8. The molecule has 0 aliphatic heterocycles. The predicted octanol–water partition coefficient (Wildman–Crippen LogP) is 0.983. The van der Waals surface area contributed by atoms with Crippen LogP contribution in [0.4, 0.5) is 0 Å². The molecule has 0 spiro atoms. The Balaban J connectivity index is 2.70. The van der Waals surface area contributed by atoms with E-state index in [0.29, 0.717) is 5.56 Å². The maximum atomic E-state index is 11.9. The number of amides is 1. The molecule has 0 bridgehead atoms. The van der Waals surface area contributed by atoms with Crippen molar-refractivity contribution in [1.82, 2.24) is 4.90 Å². The zero-order valence-corrected chi connectivity index (χ0v) is 10.4. The van der Waals surface area contributed by atoms with Crippen molar-refractivity contribution in [1.29, 1.82) is 0 Å². The highest BCUT2D eigenvalue weighted by molar-refractivity contribution is 6.02. The van der Waals surface area contributed by atoms with E-state index in [4.69, 9.17) is 5.73 Å². The van der Waals surface area contributed by atoms with Crippen molar-refractivity contribution in [3.8, 4) is 0 Å². The van der Waals surface area contributed by atoms with Crippen LogP contribution in [0.2, 0.25) is 0 Å². The molecular formula is C13H18N2O2. The standard InChI is InChI=1S/C13H18N2O2/c1-9-4-6-10(7-5-9)13(17)11(14)8-12(16)15(2)3/h4-7,11H,8,14H2,1-3H3. The summed E-state index contributed by atoms with van der Waals surface area (Å²) in [5.74, 6) is -0.335. The summed E-state index contributed by atoms with van der Waals surface area (Å²) >= 11 is 0. The molecule has 1 amide bonds. The van der Waals surface area contributed by atoms with Crippen LogP contribution < -0.4 is 5.73 Å². The van der Waals surface area contributed by atoms with Crippen LogP contribution in [0, 0.1) is 6.92 Å². The third-order valence-electron chi connectivity index (χ3n) is 2.57. The number of carbonyl (C=O) groups is 2. The Morgan fingerprint density at radius 1 is 1.24 bits per heavy atom. The minimum absolute atomic E-state index is 0.0414. The molecular weight excluding hydrogens is 216 g/mol.